The number of pyridine rings is 1. The number of rotatable bonds is 3. The molecule has 6 nitrogen and oxygen atoms in total. The largest absolute Gasteiger partial charge is 0.355 e. The lowest BCUT2D eigenvalue weighted by atomic mass is 10.3. The Morgan fingerprint density at radius 1 is 1.14 bits per heavy atom. The second kappa shape index (κ2) is 6.39. The first-order chi connectivity index (χ1) is 10.7. The lowest BCUT2D eigenvalue weighted by Gasteiger charge is -2.36. The fourth-order valence-electron chi connectivity index (χ4n) is 2.58. The Kier molecular flexibility index (Phi) is 4.33. The number of aromatic nitrogens is 3. The molecule has 3 heterocycles. The maximum atomic E-state index is 11.4. The van der Waals surface area contributed by atoms with Crippen LogP contribution in [0, 0.1) is 6.92 Å². The molecule has 0 unspecified atom stereocenters. The predicted octanol–water partition coefficient (Wildman–Crippen LogP) is 1.52. The summed E-state index contributed by atoms with van der Waals surface area (Å²) in [5.41, 5.74) is 0.931. The van der Waals surface area contributed by atoms with Gasteiger partial charge in [-0.15, -0.1) is 0 Å². The molecule has 1 aliphatic rings. The number of nitrogens with zero attached hydrogens (tertiary/aromatic N) is 4. The van der Waals surface area contributed by atoms with Crippen LogP contribution in [0.4, 0.5) is 11.6 Å². The smallest absolute Gasteiger partial charge is 0.249 e. The Hall–Kier alpha value is -2.02. The van der Waals surface area contributed by atoms with Crippen LogP contribution in [-0.4, -0.2) is 47.4 Å². The van der Waals surface area contributed by atoms with Crippen LogP contribution in [0.3, 0.4) is 0 Å². The van der Waals surface area contributed by atoms with E-state index >= 15 is 0 Å². The minimum Gasteiger partial charge on any atom is -0.355 e. The number of thioether (sulfide) groups is 1. The van der Waals surface area contributed by atoms with Gasteiger partial charge in [0.2, 0.25) is 5.56 Å². The van der Waals surface area contributed by atoms with Gasteiger partial charge < -0.3 is 14.8 Å². The zero-order chi connectivity index (χ0) is 15.5. The van der Waals surface area contributed by atoms with Crippen molar-refractivity contribution in [1.82, 2.24) is 15.0 Å². The molecule has 3 rings (SSSR count). The highest BCUT2D eigenvalue weighted by Gasteiger charge is 2.19. The van der Waals surface area contributed by atoms with Crippen molar-refractivity contribution < 1.29 is 0 Å². The highest BCUT2D eigenvalue weighted by Crippen LogP contribution is 2.20. The molecule has 0 saturated carbocycles. The number of H-pyrrole nitrogens is 1. The Bertz CT molecular complexity index is 709. The molecule has 7 heteroatoms. The molecular weight excluding hydrogens is 298 g/mol. The topological polar surface area (TPSA) is 65.1 Å². The number of nitrogens with one attached hydrogen (secondary N) is 1. The van der Waals surface area contributed by atoms with Crippen LogP contribution >= 0.6 is 11.8 Å². The quantitative estimate of drug-likeness (QED) is 0.684. The molecule has 1 aliphatic heterocycles. The first-order valence-corrected chi connectivity index (χ1v) is 8.47. The van der Waals surface area contributed by atoms with Crippen LogP contribution in [0.5, 0.6) is 0 Å². The molecule has 1 saturated heterocycles. The summed E-state index contributed by atoms with van der Waals surface area (Å²) in [5.74, 6) is 1.87. The molecule has 116 valence electrons. The van der Waals surface area contributed by atoms with Crippen molar-refractivity contribution in [3.8, 4) is 0 Å². The van der Waals surface area contributed by atoms with Gasteiger partial charge in [-0.1, -0.05) is 17.8 Å². The van der Waals surface area contributed by atoms with Crippen molar-refractivity contribution in [3.05, 3.63) is 40.3 Å². The summed E-state index contributed by atoms with van der Waals surface area (Å²) >= 11 is 1.56. The number of hydrogen-bond donors (Lipinski definition) is 1. The number of aromatic amines is 1. The molecule has 0 radical (unpaired) electrons. The Labute approximate surface area is 133 Å². The standard InChI is InChI=1S/C15H19N5OS/c1-11-10-13(18-15(16-11)22-2)20-8-6-19(7-9-20)12-4-3-5-14(21)17-12/h3-5,10H,6-9H2,1-2H3,(H,17,21). The van der Waals surface area contributed by atoms with Gasteiger partial charge in [0.05, 0.1) is 0 Å². The van der Waals surface area contributed by atoms with E-state index in [0.717, 1.165) is 48.7 Å². The zero-order valence-electron chi connectivity index (χ0n) is 12.7. The second-order valence-electron chi connectivity index (χ2n) is 5.23. The summed E-state index contributed by atoms with van der Waals surface area (Å²) in [6, 6.07) is 7.30. The molecule has 0 aliphatic carbocycles. The van der Waals surface area contributed by atoms with Gasteiger partial charge in [-0.2, -0.15) is 0 Å². The van der Waals surface area contributed by atoms with E-state index in [4.69, 9.17) is 0 Å². The van der Waals surface area contributed by atoms with Crippen molar-refractivity contribution in [1.29, 1.82) is 0 Å². The fourth-order valence-corrected chi connectivity index (χ4v) is 3.00. The molecule has 0 aromatic carbocycles. The zero-order valence-corrected chi connectivity index (χ0v) is 13.6. The van der Waals surface area contributed by atoms with Gasteiger partial charge in [-0.3, -0.25) is 4.79 Å². The van der Waals surface area contributed by atoms with Gasteiger partial charge in [0, 0.05) is 44.0 Å². The van der Waals surface area contributed by atoms with Crippen molar-refractivity contribution in [2.75, 3.05) is 42.2 Å². The van der Waals surface area contributed by atoms with E-state index in [2.05, 4.69) is 24.8 Å². The first-order valence-electron chi connectivity index (χ1n) is 7.24. The molecule has 2 aromatic heterocycles. The third kappa shape index (κ3) is 3.24. The molecule has 0 atom stereocenters. The van der Waals surface area contributed by atoms with Crippen molar-refractivity contribution in [2.24, 2.45) is 0 Å². The van der Waals surface area contributed by atoms with Crippen molar-refractivity contribution in [3.63, 3.8) is 0 Å². The average molecular weight is 317 g/mol. The van der Waals surface area contributed by atoms with Gasteiger partial charge in [0.15, 0.2) is 5.16 Å². The van der Waals surface area contributed by atoms with E-state index in [1.54, 1.807) is 17.8 Å². The van der Waals surface area contributed by atoms with Gasteiger partial charge >= 0.3 is 0 Å². The van der Waals surface area contributed by atoms with Crippen molar-refractivity contribution >= 4 is 23.4 Å². The number of anilines is 2. The first kappa shape index (κ1) is 14.9. The molecule has 0 amide bonds. The second-order valence-corrected chi connectivity index (χ2v) is 6.00. The molecule has 0 spiro atoms. The van der Waals surface area contributed by atoms with Crippen LogP contribution < -0.4 is 15.4 Å². The monoisotopic (exact) mass is 317 g/mol. The summed E-state index contributed by atoms with van der Waals surface area (Å²) < 4.78 is 0. The van der Waals surface area contributed by atoms with Gasteiger partial charge in [-0.25, -0.2) is 9.97 Å². The van der Waals surface area contributed by atoms with E-state index in [0.29, 0.717) is 0 Å². The minimum absolute atomic E-state index is 0.0593. The van der Waals surface area contributed by atoms with Crippen LogP contribution in [0.15, 0.2) is 34.2 Å². The van der Waals surface area contributed by atoms with E-state index < -0.39 is 0 Å². The van der Waals surface area contributed by atoms with Gasteiger partial charge in [0.1, 0.15) is 11.6 Å². The summed E-state index contributed by atoms with van der Waals surface area (Å²) in [6.45, 7) is 5.47. The summed E-state index contributed by atoms with van der Waals surface area (Å²) in [5, 5.41) is 0.810. The summed E-state index contributed by atoms with van der Waals surface area (Å²) in [4.78, 5) is 27.7. The molecule has 22 heavy (non-hydrogen) atoms. The SMILES string of the molecule is CSc1nc(C)cc(N2CCN(c3cccc(=O)[nH]3)CC2)n1. The lowest BCUT2D eigenvalue weighted by molar-refractivity contribution is 0.636. The molecular formula is C15H19N5OS. The Morgan fingerprint density at radius 2 is 1.86 bits per heavy atom. The van der Waals surface area contributed by atoms with E-state index in [1.807, 2.05) is 25.3 Å². The third-order valence-electron chi connectivity index (χ3n) is 3.70. The number of aryl methyl sites for hydroxylation is 1. The lowest BCUT2D eigenvalue weighted by Crippen LogP contribution is -2.47. The Morgan fingerprint density at radius 3 is 2.55 bits per heavy atom. The van der Waals surface area contributed by atoms with Crippen LogP contribution in [0.1, 0.15) is 5.69 Å². The summed E-state index contributed by atoms with van der Waals surface area (Å²) in [6.07, 6.45) is 1.99. The maximum Gasteiger partial charge on any atom is 0.249 e. The van der Waals surface area contributed by atoms with E-state index in [-0.39, 0.29) is 5.56 Å². The third-order valence-corrected chi connectivity index (χ3v) is 4.25. The molecule has 1 N–H and O–H groups in total. The highest BCUT2D eigenvalue weighted by molar-refractivity contribution is 7.98. The highest BCUT2D eigenvalue weighted by atomic mass is 32.2. The van der Waals surface area contributed by atoms with Crippen LogP contribution in [0.25, 0.3) is 0 Å². The number of piperazine rings is 1. The van der Waals surface area contributed by atoms with E-state index in [1.165, 1.54) is 6.07 Å². The van der Waals surface area contributed by atoms with Gasteiger partial charge in [-0.05, 0) is 19.2 Å². The maximum absolute atomic E-state index is 11.4. The molecule has 1 fully saturated rings. The minimum atomic E-state index is -0.0593. The van der Waals surface area contributed by atoms with E-state index in [9.17, 15) is 4.79 Å². The Balaban J connectivity index is 1.71. The average Bonchev–Trinajstić information content (AvgIpc) is 2.54. The summed E-state index contributed by atoms with van der Waals surface area (Å²) in [7, 11) is 0. The van der Waals surface area contributed by atoms with Crippen LogP contribution in [0.2, 0.25) is 0 Å². The predicted molar refractivity (Wildman–Crippen MR) is 90.0 cm³/mol. The number of hydrogen-bond acceptors (Lipinski definition) is 6. The normalized spacial score (nSPS) is 15.2. The van der Waals surface area contributed by atoms with Crippen molar-refractivity contribution in [2.45, 2.75) is 12.1 Å². The van der Waals surface area contributed by atoms with Gasteiger partial charge in [0.25, 0.3) is 0 Å². The fraction of sp³-hybridized carbons (Fsp3) is 0.400. The van der Waals surface area contributed by atoms with Crippen LogP contribution in [-0.2, 0) is 0 Å². The molecule has 2 aromatic rings. The molecule has 0 bridgehead atoms.